The van der Waals surface area contributed by atoms with Gasteiger partial charge in [0.2, 0.25) is 5.91 Å². The smallest absolute Gasteiger partial charge is 0.223 e. The Balaban J connectivity index is 2.44. The Bertz CT molecular complexity index is 484. The molecule has 1 unspecified atom stereocenters. The molecule has 0 saturated heterocycles. The maximum atomic E-state index is 12.1. The molecule has 0 aliphatic carbocycles. The minimum Gasteiger partial charge on any atom is -0.395 e. The molecule has 116 valence electrons. The fraction of sp³-hybridized carbons (Fsp3) is 0.588. The molecule has 1 atom stereocenters. The highest BCUT2D eigenvalue weighted by Gasteiger charge is 2.15. The van der Waals surface area contributed by atoms with Crippen molar-refractivity contribution in [1.29, 1.82) is 0 Å². The molecule has 3 nitrogen and oxygen atoms in total. The number of aliphatic hydroxyl groups is 1. The third kappa shape index (κ3) is 6.79. The lowest BCUT2D eigenvalue weighted by Crippen LogP contribution is -2.29. The molecule has 1 rings (SSSR count). The van der Waals surface area contributed by atoms with E-state index in [1.165, 1.54) is 0 Å². The number of amides is 1. The van der Waals surface area contributed by atoms with Gasteiger partial charge in [0.05, 0.1) is 13.2 Å². The second-order valence-corrected chi connectivity index (χ2v) is 6.04. The molecule has 0 bridgehead atoms. The summed E-state index contributed by atoms with van der Waals surface area (Å²) in [5, 5.41) is 13.7. The first-order valence-corrected chi connectivity index (χ1v) is 8.54. The summed E-state index contributed by atoms with van der Waals surface area (Å²) in [7, 11) is 0. The van der Waals surface area contributed by atoms with Crippen molar-refractivity contribution in [3.63, 3.8) is 0 Å². The van der Waals surface area contributed by atoms with Crippen LogP contribution < -0.4 is 5.32 Å². The van der Waals surface area contributed by atoms with Crippen LogP contribution in [0.25, 0.3) is 0 Å². The summed E-state index contributed by atoms with van der Waals surface area (Å²) in [5.74, 6) is 6.20. The second-order valence-electron chi connectivity index (χ2n) is 5.04. The molecular weight excluding hydrogens is 282 g/mol. The van der Waals surface area contributed by atoms with Crippen molar-refractivity contribution >= 4 is 17.2 Å². The van der Waals surface area contributed by atoms with E-state index in [-0.39, 0.29) is 18.4 Å². The molecule has 0 radical (unpaired) electrons. The highest BCUT2D eigenvalue weighted by atomic mass is 32.1. The van der Waals surface area contributed by atoms with E-state index >= 15 is 0 Å². The summed E-state index contributed by atoms with van der Waals surface area (Å²) in [6.07, 6.45) is 4.60. The molecule has 21 heavy (non-hydrogen) atoms. The largest absolute Gasteiger partial charge is 0.395 e. The second kappa shape index (κ2) is 10.4. The number of carbonyl (C=O) groups is 1. The van der Waals surface area contributed by atoms with Crippen molar-refractivity contribution in [2.24, 2.45) is 5.92 Å². The number of rotatable bonds is 8. The number of hydrogen-bond donors (Lipinski definition) is 2. The number of hydrogen-bond acceptors (Lipinski definition) is 3. The molecule has 0 aromatic carbocycles. The first-order valence-electron chi connectivity index (χ1n) is 7.66. The van der Waals surface area contributed by atoms with Crippen LogP contribution in [0, 0.1) is 17.8 Å². The Morgan fingerprint density at radius 2 is 2.29 bits per heavy atom. The van der Waals surface area contributed by atoms with E-state index in [1.54, 1.807) is 11.3 Å². The molecule has 1 heterocycles. The first kappa shape index (κ1) is 17.7. The van der Waals surface area contributed by atoms with Crippen LogP contribution in [-0.2, 0) is 11.3 Å². The summed E-state index contributed by atoms with van der Waals surface area (Å²) >= 11 is 1.61. The average molecular weight is 307 g/mol. The Morgan fingerprint density at radius 1 is 1.48 bits per heavy atom. The zero-order valence-electron chi connectivity index (χ0n) is 12.9. The van der Waals surface area contributed by atoms with E-state index in [9.17, 15) is 4.79 Å². The van der Waals surface area contributed by atoms with Gasteiger partial charge in [0.15, 0.2) is 0 Å². The third-order valence-corrected chi connectivity index (χ3v) is 4.27. The van der Waals surface area contributed by atoms with Gasteiger partial charge in [-0.05, 0) is 18.9 Å². The predicted molar refractivity (Wildman–Crippen MR) is 88.1 cm³/mol. The molecule has 0 aliphatic rings. The quantitative estimate of drug-likeness (QED) is 0.724. The zero-order chi connectivity index (χ0) is 15.5. The fourth-order valence-corrected chi connectivity index (χ4v) is 2.80. The lowest BCUT2D eigenvalue weighted by molar-refractivity contribution is -0.125. The minimum absolute atomic E-state index is 0.0935. The van der Waals surface area contributed by atoms with Crippen LogP contribution >= 0.6 is 11.3 Å². The number of carbonyl (C=O) groups excluding carboxylic acids is 1. The van der Waals surface area contributed by atoms with Crippen molar-refractivity contribution in [3.05, 3.63) is 21.9 Å². The number of nitrogens with one attached hydrogen (secondary N) is 1. The van der Waals surface area contributed by atoms with Gasteiger partial charge in [-0.2, -0.15) is 0 Å². The molecule has 0 fully saturated rings. The molecule has 0 aliphatic heterocycles. The monoisotopic (exact) mass is 307 g/mol. The van der Waals surface area contributed by atoms with Crippen LogP contribution in [0.2, 0.25) is 0 Å². The van der Waals surface area contributed by atoms with Crippen LogP contribution in [0.1, 0.15) is 56.4 Å². The van der Waals surface area contributed by atoms with E-state index in [1.807, 2.05) is 11.4 Å². The number of aliphatic hydroxyl groups excluding tert-OH is 1. The van der Waals surface area contributed by atoms with Gasteiger partial charge in [-0.15, -0.1) is 11.3 Å². The Kier molecular flexibility index (Phi) is 8.80. The van der Waals surface area contributed by atoms with Gasteiger partial charge < -0.3 is 10.4 Å². The normalized spacial score (nSPS) is 11.6. The maximum absolute atomic E-state index is 12.1. The molecule has 4 heteroatoms. The van der Waals surface area contributed by atoms with E-state index in [0.717, 1.165) is 36.1 Å². The number of unbranched alkanes of at least 4 members (excludes halogenated alkanes) is 1. The topological polar surface area (TPSA) is 49.3 Å². The van der Waals surface area contributed by atoms with Gasteiger partial charge in [-0.25, -0.2) is 0 Å². The van der Waals surface area contributed by atoms with Crippen molar-refractivity contribution in [2.45, 2.75) is 52.5 Å². The maximum Gasteiger partial charge on any atom is 0.223 e. The molecule has 1 aromatic rings. The zero-order valence-corrected chi connectivity index (χ0v) is 13.8. The van der Waals surface area contributed by atoms with Crippen LogP contribution in [-0.4, -0.2) is 17.6 Å². The van der Waals surface area contributed by atoms with Crippen LogP contribution in [0.3, 0.4) is 0 Å². The van der Waals surface area contributed by atoms with Gasteiger partial charge in [-0.3, -0.25) is 4.79 Å². The Labute approximate surface area is 131 Å². The third-order valence-electron chi connectivity index (χ3n) is 3.33. The summed E-state index contributed by atoms with van der Waals surface area (Å²) in [5.41, 5.74) is 0.954. The van der Waals surface area contributed by atoms with Gasteiger partial charge in [-0.1, -0.05) is 38.5 Å². The van der Waals surface area contributed by atoms with Gasteiger partial charge in [0, 0.05) is 28.2 Å². The molecule has 2 N–H and O–H groups in total. The SMILES string of the molecule is CCCCC(CC)C(=O)NCc1cc(C#CCCO)cs1. The fourth-order valence-electron chi connectivity index (χ4n) is 2.05. The summed E-state index contributed by atoms with van der Waals surface area (Å²) in [6.45, 7) is 4.89. The highest BCUT2D eigenvalue weighted by molar-refractivity contribution is 7.10. The predicted octanol–water partition coefficient (Wildman–Crippen LogP) is 3.31. The lowest BCUT2D eigenvalue weighted by atomic mass is 9.98. The Hall–Kier alpha value is -1.31. The molecule has 1 amide bonds. The van der Waals surface area contributed by atoms with Crippen molar-refractivity contribution < 1.29 is 9.90 Å². The standard InChI is InChI=1S/C17H25NO2S/c1-3-5-9-15(4-2)17(20)18-12-16-11-14(13-21-16)8-6-7-10-19/h11,13,15,19H,3-5,7,9-10,12H2,1-2H3,(H,18,20). The van der Waals surface area contributed by atoms with Crippen LogP contribution in [0.5, 0.6) is 0 Å². The van der Waals surface area contributed by atoms with Gasteiger partial charge in [0.1, 0.15) is 0 Å². The molecule has 1 aromatic heterocycles. The van der Waals surface area contributed by atoms with E-state index in [4.69, 9.17) is 5.11 Å². The van der Waals surface area contributed by atoms with Crippen molar-refractivity contribution in [2.75, 3.05) is 6.61 Å². The van der Waals surface area contributed by atoms with Crippen LogP contribution in [0.15, 0.2) is 11.4 Å². The average Bonchev–Trinajstić information content (AvgIpc) is 2.94. The van der Waals surface area contributed by atoms with Crippen molar-refractivity contribution in [3.8, 4) is 11.8 Å². The van der Waals surface area contributed by atoms with E-state index in [2.05, 4.69) is 31.0 Å². The minimum atomic E-state index is 0.0935. The first-order chi connectivity index (χ1) is 10.2. The van der Waals surface area contributed by atoms with Gasteiger partial charge in [0.25, 0.3) is 0 Å². The number of thiophene rings is 1. The van der Waals surface area contributed by atoms with Crippen LogP contribution in [0.4, 0.5) is 0 Å². The van der Waals surface area contributed by atoms with Gasteiger partial charge >= 0.3 is 0 Å². The molecular formula is C17H25NO2S. The molecule has 0 saturated carbocycles. The molecule has 0 spiro atoms. The Morgan fingerprint density at radius 3 is 2.95 bits per heavy atom. The van der Waals surface area contributed by atoms with E-state index < -0.39 is 0 Å². The summed E-state index contributed by atoms with van der Waals surface area (Å²) in [6, 6.07) is 2.00. The lowest BCUT2D eigenvalue weighted by Gasteiger charge is -2.13. The van der Waals surface area contributed by atoms with E-state index in [0.29, 0.717) is 13.0 Å². The van der Waals surface area contributed by atoms with Crippen molar-refractivity contribution in [1.82, 2.24) is 5.32 Å². The summed E-state index contributed by atoms with van der Waals surface area (Å²) in [4.78, 5) is 13.2. The highest BCUT2D eigenvalue weighted by Crippen LogP contribution is 2.16. The summed E-state index contributed by atoms with van der Waals surface area (Å²) < 4.78 is 0.